The van der Waals surface area contributed by atoms with E-state index in [1.54, 1.807) is 30.6 Å². The van der Waals surface area contributed by atoms with Gasteiger partial charge in [-0.3, -0.25) is 9.59 Å². The van der Waals surface area contributed by atoms with Crippen LogP contribution in [0.5, 0.6) is 0 Å². The number of carbonyl (C=O) groups excluding carboxylic acids is 2. The van der Waals surface area contributed by atoms with Crippen LogP contribution in [0.1, 0.15) is 32.6 Å². The van der Waals surface area contributed by atoms with E-state index in [4.69, 9.17) is 0 Å². The van der Waals surface area contributed by atoms with Gasteiger partial charge in [-0.2, -0.15) is 0 Å². The largest absolute Gasteiger partial charge is 0.321 e. The van der Waals surface area contributed by atoms with Gasteiger partial charge in [-0.25, -0.2) is 4.98 Å². The number of carbonyl (C=O) groups is 2. The van der Waals surface area contributed by atoms with Gasteiger partial charge in [0.15, 0.2) is 5.78 Å². The first-order valence-electron chi connectivity index (χ1n) is 5.51. The maximum atomic E-state index is 12.1. The Morgan fingerprint density at radius 1 is 1.37 bits per heavy atom. The predicted molar refractivity (Wildman–Crippen MR) is 79.0 cm³/mol. The summed E-state index contributed by atoms with van der Waals surface area (Å²) >= 11 is 4.59. The summed E-state index contributed by atoms with van der Waals surface area (Å²) in [5.41, 5.74) is 3.29. The van der Waals surface area contributed by atoms with Crippen LogP contribution in [0.25, 0.3) is 0 Å². The fraction of sp³-hybridized carbons (Fsp3) is 0.154. The molecule has 0 aliphatic heterocycles. The highest BCUT2D eigenvalue weighted by Gasteiger charge is 2.15. The van der Waals surface area contributed by atoms with Crippen molar-refractivity contribution in [2.75, 3.05) is 5.32 Å². The van der Waals surface area contributed by atoms with Crippen LogP contribution in [-0.2, 0) is 0 Å². The average Bonchev–Trinajstić information content (AvgIpc) is 2.77. The van der Waals surface area contributed by atoms with Crippen molar-refractivity contribution >= 4 is 44.6 Å². The van der Waals surface area contributed by atoms with Gasteiger partial charge in [-0.15, -0.1) is 11.3 Å². The Hall–Kier alpha value is -1.53. The highest BCUT2D eigenvalue weighted by atomic mass is 79.9. The molecule has 0 saturated heterocycles. The molecule has 1 amide bonds. The maximum Gasteiger partial charge on any atom is 0.267 e. The molecule has 0 spiro atoms. The number of hydrogen-bond acceptors (Lipinski definition) is 4. The number of ketones is 1. The van der Waals surface area contributed by atoms with Crippen LogP contribution in [0.2, 0.25) is 0 Å². The molecule has 0 bridgehead atoms. The molecule has 1 heterocycles. The first kappa shape index (κ1) is 13.9. The van der Waals surface area contributed by atoms with Crippen molar-refractivity contribution in [3.63, 3.8) is 0 Å². The third-order valence-corrected chi connectivity index (χ3v) is 3.98. The van der Waals surface area contributed by atoms with Crippen LogP contribution < -0.4 is 5.32 Å². The Morgan fingerprint density at radius 3 is 2.68 bits per heavy atom. The molecule has 6 heteroatoms. The van der Waals surface area contributed by atoms with Gasteiger partial charge in [-0.05, 0) is 32.0 Å². The first-order valence-corrected chi connectivity index (χ1v) is 7.18. The molecule has 0 saturated carbocycles. The highest BCUT2D eigenvalue weighted by molar-refractivity contribution is 9.10. The Labute approximate surface area is 123 Å². The Morgan fingerprint density at radius 2 is 2.11 bits per heavy atom. The third-order valence-electron chi connectivity index (χ3n) is 2.56. The second-order valence-electron chi connectivity index (χ2n) is 3.97. The number of thiazole rings is 1. The molecule has 98 valence electrons. The van der Waals surface area contributed by atoms with E-state index in [-0.39, 0.29) is 11.7 Å². The van der Waals surface area contributed by atoms with Gasteiger partial charge in [0, 0.05) is 10.0 Å². The number of nitrogens with zero attached hydrogens (tertiary/aromatic N) is 1. The van der Waals surface area contributed by atoms with Crippen LogP contribution in [-0.4, -0.2) is 16.7 Å². The number of aryl methyl sites for hydroxylation is 1. The number of hydrogen-bond donors (Lipinski definition) is 1. The second-order valence-corrected chi connectivity index (χ2v) is 5.74. The average molecular weight is 339 g/mol. The second kappa shape index (κ2) is 5.63. The van der Waals surface area contributed by atoms with Crippen molar-refractivity contribution < 1.29 is 9.59 Å². The van der Waals surface area contributed by atoms with E-state index in [1.807, 2.05) is 0 Å². The van der Waals surface area contributed by atoms with Gasteiger partial charge in [-0.1, -0.05) is 15.9 Å². The summed E-state index contributed by atoms with van der Waals surface area (Å²) in [4.78, 5) is 28.3. The zero-order valence-electron chi connectivity index (χ0n) is 10.4. The minimum absolute atomic E-state index is 0.0994. The van der Waals surface area contributed by atoms with Crippen molar-refractivity contribution in [3.05, 3.63) is 44.3 Å². The number of amides is 1. The Balaban J connectivity index is 2.32. The molecule has 0 aliphatic carbocycles. The van der Waals surface area contributed by atoms with E-state index in [9.17, 15) is 9.59 Å². The van der Waals surface area contributed by atoms with E-state index in [0.29, 0.717) is 21.8 Å². The molecule has 0 atom stereocenters. The number of rotatable bonds is 3. The number of nitrogens with one attached hydrogen (secondary N) is 1. The number of Topliss-reactive ketones (excluding diaryl/α,β-unsaturated/α-hetero) is 1. The highest BCUT2D eigenvalue weighted by Crippen LogP contribution is 2.23. The Kier molecular flexibility index (Phi) is 4.11. The summed E-state index contributed by atoms with van der Waals surface area (Å²) in [5, 5.41) is 2.75. The molecule has 0 unspecified atom stereocenters. The zero-order chi connectivity index (χ0) is 14.0. The van der Waals surface area contributed by atoms with Crippen molar-refractivity contribution in [2.45, 2.75) is 13.8 Å². The molecule has 0 aliphatic rings. The van der Waals surface area contributed by atoms with E-state index >= 15 is 0 Å². The lowest BCUT2D eigenvalue weighted by molar-refractivity contribution is 0.101. The zero-order valence-corrected chi connectivity index (χ0v) is 12.8. The van der Waals surface area contributed by atoms with Crippen LogP contribution in [0.3, 0.4) is 0 Å². The van der Waals surface area contributed by atoms with Crippen LogP contribution in [0.15, 0.2) is 28.2 Å². The summed E-state index contributed by atoms with van der Waals surface area (Å²) < 4.78 is 0.796. The fourth-order valence-corrected chi connectivity index (χ4v) is 2.67. The number of anilines is 1. The van der Waals surface area contributed by atoms with Gasteiger partial charge >= 0.3 is 0 Å². The van der Waals surface area contributed by atoms with Gasteiger partial charge in [0.25, 0.3) is 5.91 Å². The molecule has 2 aromatic rings. The summed E-state index contributed by atoms with van der Waals surface area (Å²) in [7, 11) is 0. The standard InChI is InChI=1S/C13H11BrN2O2S/c1-7-12(19-6-15-7)13(18)16-11-4-3-9(14)5-10(11)8(2)17/h3-6H,1-2H3,(H,16,18). The van der Waals surface area contributed by atoms with Gasteiger partial charge in [0.2, 0.25) is 0 Å². The van der Waals surface area contributed by atoms with Crippen molar-refractivity contribution in [1.82, 2.24) is 4.98 Å². The van der Waals surface area contributed by atoms with Crippen LogP contribution in [0, 0.1) is 6.92 Å². The predicted octanol–water partition coefficient (Wildman–Crippen LogP) is 3.67. The van der Waals surface area contributed by atoms with E-state index in [1.165, 1.54) is 18.3 Å². The van der Waals surface area contributed by atoms with Crippen molar-refractivity contribution in [1.29, 1.82) is 0 Å². The fourth-order valence-electron chi connectivity index (χ4n) is 1.62. The molecule has 4 nitrogen and oxygen atoms in total. The topological polar surface area (TPSA) is 59.1 Å². The van der Waals surface area contributed by atoms with Gasteiger partial charge in [0.1, 0.15) is 4.88 Å². The summed E-state index contributed by atoms with van der Waals surface area (Å²) in [6, 6.07) is 5.17. The molecule has 1 aromatic heterocycles. The quantitative estimate of drug-likeness (QED) is 0.868. The van der Waals surface area contributed by atoms with E-state index in [2.05, 4.69) is 26.2 Å². The Bertz CT molecular complexity index is 652. The van der Waals surface area contributed by atoms with Crippen LogP contribution >= 0.6 is 27.3 Å². The SMILES string of the molecule is CC(=O)c1cc(Br)ccc1NC(=O)c1scnc1C. The monoisotopic (exact) mass is 338 g/mol. The normalized spacial score (nSPS) is 10.3. The molecule has 19 heavy (non-hydrogen) atoms. The van der Waals surface area contributed by atoms with Crippen molar-refractivity contribution in [2.24, 2.45) is 0 Å². The van der Waals surface area contributed by atoms with Crippen LogP contribution in [0.4, 0.5) is 5.69 Å². The lowest BCUT2D eigenvalue weighted by Gasteiger charge is -2.09. The summed E-state index contributed by atoms with van der Waals surface area (Å²) in [6.07, 6.45) is 0. The third kappa shape index (κ3) is 3.08. The number of halogens is 1. The smallest absolute Gasteiger partial charge is 0.267 e. The van der Waals surface area contributed by atoms with E-state index in [0.717, 1.165) is 4.47 Å². The molecule has 0 radical (unpaired) electrons. The number of aromatic nitrogens is 1. The van der Waals surface area contributed by atoms with E-state index < -0.39 is 0 Å². The first-order chi connectivity index (χ1) is 8.99. The maximum absolute atomic E-state index is 12.1. The summed E-state index contributed by atoms with van der Waals surface area (Å²) in [5.74, 6) is -0.345. The molecule has 0 fully saturated rings. The molecular weight excluding hydrogens is 328 g/mol. The lowest BCUT2D eigenvalue weighted by atomic mass is 10.1. The van der Waals surface area contributed by atoms with Gasteiger partial charge < -0.3 is 5.32 Å². The minimum Gasteiger partial charge on any atom is -0.321 e. The molecular formula is C13H11BrN2O2S. The minimum atomic E-state index is -0.246. The molecule has 1 N–H and O–H groups in total. The molecule has 2 rings (SSSR count). The van der Waals surface area contributed by atoms with Crippen molar-refractivity contribution in [3.8, 4) is 0 Å². The number of benzene rings is 1. The molecule has 1 aromatic carbocycles. The summed E-state index contributed by atoms with van der Waals surface area (Å²) in [6.45, 7) is 3.24. The lowest BCUT2D eigenvalue weighted by Crippen LogP contribution is -2.14. The van der Waals surface area contributed by atoms with Gasteiger partial charge in [0.05, 0.1) is 16.9 Å².